The molecule has 0 aliphatic carbocycles. The first-order chi connectivity index (χ1) is 8.26. The Balaban J connectivity index is 3.95. The summed E-state index contributed by atoms with van der Waals surface area (Å²) in [5.74, 6) is -2.71. The molecule has 0 radical (unpaired) electrons. The summed E-state index contributed by atoms with van der Waals surface area (Å²) in [5.41, 5.74) is 0. The van der Waals surface area contributed by atoms with Gasteiger partial charge in [-0.25, -0.2) is 4.57 Å². The maximum absolute atomic E-state index is 11.2. The highest BCUT2D eigenvalue weighted by Gasteiger charge is 2.25. The van der Waals surface area contributed by atoms with Gasteiger partial charge < -0.3 is 19.3 Å². The molecule has 0 aliphatic rings. The minimum atomic E-state index is -4.22. The lowest BCUT2D eigenvalue weighted by molar-refractivity contribution is -0.141. The lowest BCUT2D eigenvalue weighted by Crippen LogP contribution is -2.08. The summed E-state index contributed by atoms with van der Waals surface area (Å²) < 4.78 is 19.8. The molecule has 0 aromatic carbocycles. The van der Waals surface area contributed by atoms with E-state index in [-0.39, 0.29) is 19.3 Å². The Morgan fingerprint density at radius 3 is 2.17 bits per heavy atom. The number of carboxylic acid groups (broad SMARTS) is 1. The molecule has 104 valence electrons. The van der Waals surface area contributed by atoms with Gasteiger partial charge in [0.2, 0.25) is 0 Å². The zero-order valence-electron chi connectivity index (χ0n) is 9.83. The van der Waals surface area contributed by atoms with Crippen molar-refractivity contribution in [3.05, 3.63) is 0 Å². The van der Waals surface area contributed by atoms with E-state index in [1.807, 2.05) is 0 Å². The Labute approximate surface area is 103 Å². The lowest BCUT2D eigenvalue weighted by Gasteiger charge is -2.10. The molecular weight excluding hydrogens is 267 g/mol. The Morgan fingerprint density at radius 2 is 1.67 bits per heavy atom. The van der Waals surface area contributed by atoms with Crippen molar-refractivity contribution in [1.29, 1.82) is 0 Å². The highest BCUT2D eigenvalue weighted by Crippen LogP contribution is 2.42. The molecule has 0 saturated heterocycles. The van der Waals surface area contributed by atoms with Crippen LogP contribution < -0.4 is 0 Å². The van der Waals surface area contributed by atoms with Gasteiger partial charge in [-0.05, 0) is 6.42 Å². The third-order valence-corrected chi connectivity index (χ3v) is 3.12. The molecule has 0 rings (SSSR count). The zero-order chi connectivity index (χ0) is 14.2. The van der Waals surface area contributed by atoms with Gasteiger partial charge in [-0.3, -0.25) is 14.4 Å². The van der Waals surface area contributed by atoms with Gasteiger partial charge in [-0.1, -0.05) is 0 Å². The molecule has 9 heteroatoms. The fourth-order valence-electron chi connectivity index (χ4n) is 0.966. The van der Waals surface area contributed by atoms with E-state index >= 15 is 0 Å². The van der Waals surface area contributed by atoms with E-state index in [1.165, 1.54) is 7.11 Å². The molecule has 1 unspecified atom stereocenters. The summed E-state index contributed by atoms with van der Waals surface area (Å²) in [6.07, 6.45) is -1.29. The standard InChI is InChI=1S/C9H15O8P/c1-16-8(12)3-2-4-9(13)17-18(14,15)6-5-7(10)11/h2-6H2,1H3,(H,10,11)(H,14,15). The van der Waals surface area contributed by atoms with Crippen LogP contribution in [0.4, 0.5) is 0 Å². The van der Waals surface area contributed by atoms with Crippen molar-refractivity contribution < 1.29 is 38.2 Å². The highest BCUT2D eigenvalue weighted by molar-refractivity contribution is 7.53. The van der Waals surface area contributed by atoms with E-state index in [2.05, 4.69) is 9.26 Å². The summed E-state index contributed by atoms with van der Waals surface area (Å²) in [5, 5.41) is 8.32. The van der Waals surface area contributed by atoms with Crippen LogP contribution >= 0.6 is 7.60 Å². The predicted molar refractivity (Wildman–Crippen MR) is 58.9 cm³/mol. The summed E-state index contributed by atoms with van der Waals surface area (Å²) in [7, 11) is -3.02. The van der Waals surface area contributed by atoms with E-state index in [9.17, 15) is 18.9 Å². The average molecular weight is 282 g/mol. The highest BCUT2D eigenvalue weighted by atomic mass is 31.2. The van der Waals surface area contributed by atoms with Crippen molar-refractivity contribution >= 4 is 25.5 Å². The predicted octanol–water partition coefficient (Wildman–Crippen LogP) is 0.533. The van der Waals surface area contributed by atoms with E-state index in [1.54, 1.807) is 0 Å². The quantitative estimate of drug-likeness (QED) is 0.487. The first-order valence-electron chi connectivity index (χ1n) is 5.09. The van der Waals surface area contributed by atoms with Gasteiger partial charge in [0.05, 0.1) is 19.7 Å². The first-order valence-corrected chi connectivity index (χ1v) is 6.86. The molecule has 0 spiro atoms. The van der Waals surface area contributed by atoms with E-state index in [4.69, 9.17) is 10.00 Å². The molecule has 0 aromatic rings. The summed E-state index contributed by atoms with van der Waals surface area (Å²) in [4.78, 5) is 41.2. The van der Waals surface area contributed by atoms with Gasteiger partial charge in [0.1, 0.15) is 0 Å². The molecule has 2 N–H and O–H groups in total. The Morgan fingerprint density at radius 1 is 1.11 bits per heavy atom. The number of hydrogen-bond donors (Lipinski definition) is 2. The number of carbonyl (C=O) groups is 3. The molecule has 0 bridgehead atoms. The molecule has 0 fully saturated rings. The summed E-state index contributed by atoms with van der Waals surface area (Å²) in [6.45, 7) is 0. The Bertz CT molecular complexity index is 364. The van der Waals surface area contributed by atoms with Crippen LogP contribution in [0.15, 0.2) is 0 Å². The Kier molecular flexibility index (Phi) is 7.23. The molecule has 18 heavy (non-hydrogen) atoms. The van der Waals surface area contributed by atoms with Crippen molar-refractivity contribution in [2.24, 2.45) is 0 Å². The minimum Gasteiger partial charge on any atom is -0.481 e. The van der Waals surface area contributed by atoms with Crippen LogP contribution in [-0.4, -0.2) is 41.2 Å². The second-order valence-electron chi connectivity index (χ2n) is 3.40. The number of carboxylic acids is 1. The van der Waals surface area contributed by atoms with Crippen LogP contribution in [-0.2, 0) is 28.2 Å². The van der Waals surface area contributed by atoms with Gasteiger partial charge in [-0.15, -0.1) is 0 Å². The smallest absolute Gasteiger partial charge is 0.379 e. The molecule has 0 amide bonds. The maximum Gasteiger partial charge on any atom is 0.379 e. The van der Waals surface area contributed by atoms with Crippen LogP contribution in [0.25, 0.3) is 0 Å². The number of rotatable bonds is 8. The number of aliphatic carboxylic acids is 1. The maximum atomic E-state index is 11.2. The first kappa shape index (κ1) is 16.6. The summed E-state index contributed by atoms with van der Waals surface area (Å²) >= 11 is 0. The second kappa shape index (κ2) is 7.84. The number of methoxy groups -OCH3 is 1. The van der Waals surface area contributed by atoms with Crippen molar-refractivity contribution in [2.75, 3.05) is 13.3 Å². The molecule has 1 atom stereocenters. The third kappa shape index (κ3) is 8.72. The van der Waals surface area contributed by atoms with E-state index in [0.29, 0.717) is 0 Å². The van der Waals surface area contributed by atoms with Crippen LogP contribution in [0.1, 0.15) is 25.7 Å². The second-order valence-corrected chi connectivity index (χ2v) is 5.30. The van der Waals surface area contributed by atoms with Crippen LogP contribution in [0, 0.1) is 0 Å². The fraction of sp³-hybridized carbons (Fsp3) is 0.667. The largest absolute Gasteiger partial charge is 0.481 e. The van der Waals surface area contributed by atoms with Gasteiger partial charge in [0.15, 0.2) is 0 Å². The number of carbonyl (C=O) groups excluding carboxylic acids is 2. The van der Waals surface area contributed by atoms with Gasteiger partial charge in [-0.2, -0.15) is 0 Å². The van der Waals surface area contributed by atoms with E-state index in [0.717, 1.165) is 0 Å². The molecule has 0 aromatic heterocycles. The molecule has 0 aliphatic heterocycles. The van der Waals surface area contributed by atoms with Crippen molar-refractivity contribution in [2.45, 2.75) is 25.7 Å². The number of hydrogen-bond acceptors (Lipinski definition) is 6. The number of ether oxygens (including phenoxy) is 1. The summed E-state index contributed by atoms with van der Waals surface area (Å²) in [6, 6.07) is 0. The molecule has 0 heterocycles. The normalized spacial score (nSPS) is 13.4. The van der Waals surface area contributed by atoms with Crippen LogP contribution in [0.5, 0.6) is 0 Å². The number of esters is 1. The topological polar surface area (TPSA) is 127 Å². The Hall–Kier alpha value is -1.40. The van der Waals surface area contributed by atoms with Crippen molar-refractivity contribution in [3.63, 3.8) is 0 Å². The van der Waals surface area contributed by atoms with Crippen molar-refractivity contribution in [1.82, 2.24) is 0 Å². The van der Waals surface area contributed by atoms with Crippen LogP contribution in [0.2, 0.25) is 0 Å². The fourth-order valence-corrected chi connectivity index (χ4v) is 1.94. The molecular formula is C9H15O8P. The molecule has 8 nitrogen and oxygen atoms in total. The third-order valence-electron chi connectivity index (χ3n) is 1.84. The zero-order valence-corrected chi connectivity index (χ0v) is 10.7. The molecule has 0 saturated carbocycles. The van der Waals surface area contributed by atoms with Crippen molar-refractivity contribution in [3.8, 4) is 0 Å². The van der Waals surface area contributed by atoms with E-state index < -0.39 is 38.1 Å². The van der Waals surface area contributed by atoms with Gasteiger partial charge in [0, 0.05) is 12.8 Å². The van der Waals surface area contributed by atoms with Gasteiger partial charge in [0.25, 0.3) is 0 Å². The monoisotopic (exact) mass is 282 g/mol. The minimum absolute atomic E-state index is 0.00352. The lowest BCUT2D eigenvalue weighted by atomic mass is 10.2. The van der Waals surface area contributed by atoms with Crippen LogP contribution in [0.3, 0.4) is 0 Å². The average Bonchev–Trinajstić information content (AvgIpc) is 2.25. The van der Waals surface area contributed by atoms with Gasteiger partial charge >= 0.3 is 25.5 Å². The SMILES string of the molecule is COC(=O)CCCC(=O)OP(=O)(O)CCC(=O)O.